The number of anilines is 3. The highest BCUT2D eigenvalue weighted by Gasteiger charge is 2.66. The number of hydrogen-bond donors (Lipinski definition) is 3. The second-order valence-electron chi connectivity index (χ2n) is 16.1. The third-order valence-electron chi connectivity index (χ3n) is 11.8. The minimum absolute atomic E-state index is 0.140. The van der Waals surface area contributed by atoms with Gasteiger partial charge >= 0.3 is 0 Å². The van der Waals surface area contributed by atoms with Gasteiger partial charge in [-0.05, 0) is 85.2 Å². The van der Waals surface area contributed by atoms with E-state index >= 15 is 8.90 Å². The maximum atomic E-state index is 16.7. The van der Waals surface area contributed by atoms with Gasteiger partial charge in [-0.2, -0.15) is 0 Å². The average Bonchev–Trinajstić information content (AvgIpc) is 3.92. The van der Waals surface area contributed by atoms with Crippen molar-refractivity contribution in [3.05, 3.63) is 173 Å². The highest BCUT2D eigenvalue weighted by Crippen LogP contribution is 2.60. The van der Waals surface area contributed by atoms with Crippen molar-refractivity contribution < 1.29 is 28.3 Å². The number of halogens is 1. The summed E-state index contributed by atoms with van der Waals surface area (Å²) in [4.78, 5) is 43.0. The lowest BCUT2D eigenvalue weighted by molar-refractivity contribution is -0.146. The Morgan fingerprint density at radius 2 is 1.43 bits per heavy atom. The van der Waals surface area contributed by atoms with Gasteiger partial charge in [0.15, 0.2) is 5.60 Å². The summed E-state index contributed by atoms with van der Waals surface area (Å²) in [5.41, 5.74) is 3.52. The first-order valence-electron chi connectivity index (χ1n) is 20.2. The molecule has 0 radical (unpaired) electrons. The standard InChI is InChI=1S/C47H47FN6O5Si/c1-31-43(60(2,3)48)42(25-26-53-29-40(51-52-53)38(30-55)33-13-7-4-8-14-33)59-47(31)39-27-37(50-45(57)35-17-11-6-12-18-35)23-24-41(39)54(46(47)58)28-32-19-21-36(22-20-32)49-44(56)34-15-9-5-10-16-34/h4-24,27,29,31,38,42-43,55H,25-26,28,30H2,1-3H3,(H,49,56)(H,50,57)/t31-,38?,42+,43-,47+/m0/s1. The van der Waals surface area contributed by atoms with Crippen molar-refractivity contribution >= 4 is 43.2 Å². The van der Waals surface area contributed by atoms with E-state index in [1.54, 1.807) is 102 Å². The van der Waals surface area contributed by atoms with E-state index in [-0.39, 0.29) is 36.8 Å². The molecule has 306 valence electrons. The number of nitrogens with one attached hydrogen (secondary N) is 2. The first-order chi connectivity index (χ1) is 29.0. The molecule has 5 atom stereocenters. The molecule has 8 rings (SSSR count). The number of amides is 3. The zero-order valence-corrected chi connectivity index (χ0v) is 34.7. The minimum atomic E-state index is -3.50. The van der Waals surface area contributed by atoms with Gasteiger partial charge in [-0.1, -0.05) is 91.0 Å². The number of benzene rings is 5. The first-order valence-corrected chi connectivity index (χ1v) is 23.1. The van der Waals surface area contributed by atoms with Crippen LogP contribution in [-0.4, -0.2) is 58.9 Å². The molecule has 3 N–H and O–H groups in total. The SMILES string of the molecule is C[C@H]1[C@H]([Si](C)(C)F)[C@@H](CCn2cc(C(CO)c3ccccc3)nn2)O[C@]12C(=O)N(Cc1ccc(NC(=O)c3ccccc3)cc1)c1ccc(NC(=O)c3ccccc3)cc12. The van der Waals surface area contributed by atoms with Crippen LogP contribution in [0.1, 0.15) is 62.4 Å². The molecule has 5 aromatic carbocycles. The number of aryl methyl sites for hydroxylation is 1. The number of aromatic nitrogens is 3. The third-order valence-corrected chi connectivity index (χ3v) is 14.2. The number of aliphatic hydroxyl groups excluding tert-OH is 1. The van der Waals surface area contributed by atoms with Crippen LogP contribution < -0.4 is 15.5 Å². The Kier molecular flexibility index (Phi) is 11.3. The van der Waals surface area contributed by atoms with Crippen molar-refractivity contribution in [1.29, 1.82) is 0 Å². The van der Waals surface area contributed by atoms with Crippen LogP contribution in [0.5, 0.6) is 0 Å². The van der Waals surface area contributed by atoms with Gasteiger partial charge in [0.05, 0.1) is 36.6 Å². The summed E-state index contributed by atoms with van der Waals surface area (Å²) in [7, 11) is -3.50. The van der Waals surface area contributed by atoms with E-state index in [1.807, 2.05) is 67.6 Å². The van der Waals surface area contributed by atoms with Crippen molar-refractivity contribution in [2.75, 3.05) is 22.1 Å². The van der Waals surface area contributed by atoms with E-state index in [0.29, 0.717) is 52.4 Å². The fourth-order valence-electron chi connectivity index (χ4n) is 8.91. The fourth-order valence-corrected chi connectivity index (χ4v) is 11.5. The summed E-state index contributed by atoms with van der Waals surface area (Å²) in [5.74, 6) is -1.76. The van der Waals surface area contributed by atoms with Crippen LogP contribution in [0.4, 0.5) is 21.2 Å². The summed E-state index contributed by atoms with van der Waals surface area (Å²) in [6, 6.07) is 40.1. The molecule has 2 aliphatic heterocycles. The predicted octanol–water partition coefficient (Wildman–Crippen LogP) is 8.32. The molecule has 1 fully saturated rings. The van der Waals surface area contributed by atoms with E-state index in [9.17, 15) is 14.7 Å². The van der Waals surface area contributed by atoms with Crippen LogP contribution >= 0.6 is 0 Å². The summed E-state index contributed by atoms with van der Waals surface area (Å²) < 4.78 is 25.4. The van der Waals surface area contributed by atoms with Gasteiger partial charge in [-0.3, -0.25) is 19.1 Å². The second-order valence-corrected chi connectivity index (χ2v) is 19.9. The molecule has 1 aromatic heterocycles. The van der Waals surface area contributed by atoms with Crippen LogP contribution in [-0.2, 0) is 28.2 Å². The van der Waals surface area contributed by atoms with Gasteiger partial charge in [0, 0.05) is 52.3 Å². The van der Waals surface area contributed by atoms with E-state index in [2.05, 4.69) is 20.9 Å². The molecule has 3 heterocycles. The molecular formula is C47H47FN6O5Si. The monoisotopic (exact) mass is 822 g/mol. The molecule has 0 saturated carbocycles. The zero-order valence-electron chi connectivity index (χ0n) is 33.7. The van der Waals surface area contributed by atoms with Crippen LogP contribution in [0.3, 0.4) is 0 Å². The Labute approximate surface area is 349 Å². The molecule has 1 saturated heterocycles. The number of nitrogens with zero attached hydrogens (tertiary/aromatic N) is 4. The van der Waals surface area contributed by atoms with Crippen molar-refractivity contribution in [2.24, 2.45) is 5.92 Å². The Morgan fingerprint density at radius 3 is 2.03 bits per heavy atom. The van der Waals surface area contributed by atoms with Crippen LogP contribution in [0, 0.1) is 5.92 Å². The van der Waals surface area contributed by atoms with Gasteiger partial charge < -0.3 is 29.5 Å². The Balaban J connectivity index is 1.09. The Morgan fingerprint density at radius 1 is 0.850 bits per heavy atom. The molecule has 2 aliphatic rings. The van der Waals surface area contributed by atoms with Crippen LogP contribution in [0.25, 0.3) is 0 Å². The predicted molar refractivity (Wildman–Crippen MR) is 231 cm³/mol. The smallest absolute Gasteiger partial charge is 0.264 e. The van der Waals surface area contributed by atoms with Crippen molar-refractivity contribution in [3.8, 4) is 0 Å². The number of fused-ring (bicyclic) bond motifs is 2. The normalized spacial score (nSPS) is 20.2. The van der Waals surface area contributed by atoms with E-state index < -0.39 is 31.6 Å². The Hall–Kier alpha value is -6.28. The summed E-state index contributed by atoms with van der Waals surface area (Å²) in [6.07, 6.45) is 1.51. The van der Waals surface area contributed by atoms with Crippen molar-refractivity contribution in [1.82, 2.24) is 15.0 Å². The largest absolute Gasteiger partial charge is 0.395 e. The number of carbonyl (C=O) groups is 3. The maximum absolute atomic E-state index is 16.7. The Bertz CT molecular complexity index is 2480. The number of hydrogen-bond acceptors (Lipinski definition) is 7. The van der Waals surface area contributed by atoms with Crippen molar-refractivity contribution in [3.63, 3.8) is 0 Å². The quantitative estimate of drug-likeness (QED) is 0.0787. The van der Waals surface area contributed by atoms with Crippen LogP contribution in [0.2, 0.25) is 18.6 Å². The van der Waals surface area contributed by atoms with Gasteiger partial charge in [0.1, 0.15) is 0 Å². The molecule has 13 heteroatoms. The lowest BCUT2D eigenvalue weighted by Crippen LogP contribution is -2.45. The minimum Gasteiger partial charge on any atom is -0.395 e. The van der Waals surface area contributed by atoms with E-state index in [0.717, 1.165) is 11.1 Å². The highest BCUT2D eigenvalue weighted by atomic mass is 28.4. The molecule has 6 aromatic rings. The van der Waals surface area contributed by atoms with Crippen LogP contribution in [0.15, 0.2) is 140 Å². The zero-order chi connectivity index (χ0) is 42.0. The summed E-state index contributed by atoms with van der Waals surface area (Å²) in [5, 5.41) is 24.9. The van der Waals surface area contributed by atoms with Gasteiger partial charge in [0.2, 0.25) is 8.41 Å². The van der Waals surface area contributed by atoms with Gasteiger partial charge in [-0.15, -0.1) is 5.10 Å². The van der Waals surface area contributed by atoms with Gasteiger partial charge in [-0.25, -0.2) is 0 Å². The van der Waals surface area contributed by atoms with Gasteiger partial charge in [0.25, 0.3) is 17.7 Å². The topological polar surface area (TPSA) is 139 Å². The lowest BCUT2D eigenvalue weighted by atomic mass is 9.82. The molecule has 60 heavy (non-hydrogen) atoms. The average molecular weight is 823 g/mol. The number of ether oxygens (including phenoxy) is 1. The molecule has 0 aliphatic carbocycles. The molecule has 1 spiro atoms. The second kappa shape index (κ2) is 16.8. The number of carbonyl (C=O) groups excluding carboxylic acids is 3. The molecule has 11 nitrogen and oxygen atoms in total. The molecule has 0 bridgehead atoms. The number of rotatable bonds is 13. The van der Waals surface area contributed by atoms with E-state index in [1.165, 1.54) is 0 Å². The molecule has 1 unspecified atom stereocenters. The highest BCUT2D eigenvalue weighted by molar-refractivity contribution is 6.72. The third kappa shape index (κ3) is 7.91. The number of aliphatic hydroxyl groups is 1. The molecular weight excluding hydrogens is 776 g/mol. The first kappa shape index (κ1) is 40.5. The fraction of sp³-hybridized carbons (Fsp3) is 0.255. The summed E-state index contributed by atoms with van der Waals surface area (Å²) >= 11 is 0. The lowest BCUT2D eigenvalue weighted by Gasteiger charge is -2.31. The summed E-state index contributed by atoms with van der Waals surface area (Å²) in [6.45, 7) is 5.62. The van der Waals surface area contributed by atoms with E-state index in [4.69, 9.17) is 4.74 Å². The van der Waals surface area contributed by atoms with Crippen molar-refractivity contribution in [2.45, 2.75) is 62.7 Å². The molecule has 3 amide bonds. The maximum Gasteiger partial charge on any atom is 0.264 e.